The van der Waals surface area contributed by atoms with E-state index in [0.717, 1.165) is 16.6 Å². The summed E-state index contributed by atoms with van der Waals surface area (Å²) in [6.07, 6.45) is 1.64. The second-order valence-corrected chi connectivity index (χ2v) is 4.20. The molecule has 0 saturated heterocycles. The monoisotopic (exact) mass is 259 g/mol. The highest BCUT2D eigenvalue weighted by molar-refractivity contribution is 6.29. The molecule has 0 aliphatic rings. The molecule has 0 aliphatic carbocycles. The van der Waals surface area contributed by atoms with E-state index in [2.05, 4.69) is 15.0 Å². The predicted molar refractivity (Wildman–Crippen MR) is 69.7 cm³/mol. The molecule has 3 rings (SSSR count). The third-order valence-electron chi connectivity index (χ3n) is 2.54. The summed E-state index contributed by atoms with van der Waals surface area (Å²) >= 11 is 5.77. The SMILES string of the molecule is Clc1nc2cnc(OCc3ccccc3)cc2[nH]1. The zero-order chi connectivity index (χ0) is 12.4. The third-order valence-corrected chi connectivity index (χ3v) is 2.72. The predicted octanol–water partition coefficient (Wildman–Crippen LogP) is 3.19. The van der Waals surface area contributed by atoms with Crippen molar-refractivity contribution in [2.24, 2.45) is 0 Å². The van der Waals surface area contributed by atoms with Gasteiger partial charge in [-0.15, -0.1) is 0 Å². The fourth-order valence-corrected chi connectivity index (χ4v) is 1.87. The number of pyridine rings is 1. The molecule has 2 heterocycles. The zero-order valence-corrected chi connectivity index (χ0v) is 10.2. The molecule has 3 aromatic rings. The molecular formula is C13H10ClN3O. The minimum Gasteiger partial charge on any atom is -0.473 e. The average Bonchev–Trinajstić information content (AvgIpc) is 2.77. The molecule has 4 nitrogen and oxygen atoms in total. The fraction of sp³-hybridized carbons (Fsp3) is 0.0769. The van der Waals surface area contributed by atoms with Crippen molar-refractivity contribution in [1.82, 2.24) is 15.0 Å². The molecule has 1 aromatic carbocycles. The smallest absolute Gasteiger partial charge is 0.215 e. The molecule has 0 unspecified atom stereocenters. The van der Waals surface area contributed by atoms with E-state index in [1.165, 1.54) is 0 Å². The lowest BCUT2D eigenvalue weighted by Crippen LogP contribution is -1.96. The molecule has 0 fully saturated rings. The lowest BCUT2D eigenvalue weighted by Gasteiger charge is -2.04. The number of halogens is 1. The first-order valence-corrected chi connectivity index (χ1v) is 5.87. The molecule has 18 heavy (non-hydrogen) atoms. The number of H-pyrrole nitrogens is 1. The first-order chi connectivity index (χ1) is 8.81. The Hall–Kier alpha value is -2.07. The summed E-state index contributed by atoms with van der Waals surface area (Å²) in [6, 6.07) is 11.7. The Kier molecular flexibility index (Phi) is 2.86. The highest BCUT2D eigenvalue weighted by Crippen LogP contribution is 2.18. The molecule has 0 amide bonds. The number of imidazole rings is 1. The highest BCUT2D eigenvalue weighted by Gasteiger charge is 2.03. The summed E-state index contributed by atoms with van der Waals surface area (Å²) in [5.41, 5.74) is 2.65. The van der Waals surface area contributed by atoms with Crippen molar-refractivity contribution in [3.05, 3.63) is 53.4 Å². The van der Waals surface area contributed by atoms with E-state index in [1.54, 1.807) is 12.3 Å². The van der Waals surface area contributed by atoms with Gasteiger partial charge in [-0.2, -0.15) is 0 Å². The van der Waals surface area contributed by atoms with Gasteiger partial charge in [0.2, 0.25) is 11.2 Å². The first kappa shape index (κ1) is 11.0. The number of aromatic amines is 1. The number of hydrogen-bond acceptors (Lipinski definition) is 3. The van der Waals surface area contributed by atoms with Crippen molar-refractivity contribution in [2.75, 3.05) is 0 Å². The van der Waals surface area contributed by atoms with E-state index >= 15 is 0 Å². The van der Waals surface area contributed by atoms with Crippen LogP contribution in [0.25, 0.3) is 11.0 Å². The topological polar surface area (TPSA) is 50.8 Å². The van der Waals surface area contributed by atoms with E-state index in [4.69, 9.17) is 16.3 Å². The summed E-state index contributed by atoms with van der Waals surface area (Å²) < 4.78 is 5.61. The maximum Gasteiger partial charge on any atom is 0.215 e. The van der Waals surface area contributed by atoms with Gasteiger partial charge in [-0.1, -0.05) is 30.3 Å². The van der Waals surface area contributed by atoms with Crippen LogP contribution < -0.4 is 4.74 Å². The van der Waals surface area contributed by atoms with Crippen molar-refractivity contribution >= 4 is 22.6 Å². The number of aromatic nitrogens is 3. The van der Waals surface area contributed by atoms with Crippen LogP contribution in [0.2, 0.25) is 5.28 Å². The van der Waals surface area contributed by atoms with Crippen LogP contribution in [0, 0.1) is 0 Å². The van der Waals surface area contributed by atoms with E-state index in [1.807, 2.05) is 30.3 Å². The second kappa shape index (κ2) is 4.66. The van der Waals surface area contributed by atoms with E-state index < -0.39 is 0 Å². The van der Waals surface area contributed by atoms with Crippen molar-refractivity contribution in [2.45, 2.75) is 6.61 Å². The lowest BCUT2D eigenvalue weighted by atomic mass is 10.2. The van der Waals surface area contributed by atoms with Crippen molar-refractivity contribution in [3.8, 4) is 5.88 Å². The maximum atomic E-state index is 5.77. The van der Waals surface area contributed by atoms with Gasteiger partial charge < -0.3 is 9.72 Å². The summed E-state index contributed by atoms with van der Waals surface area (Å²) in [6.45, 7) is 0.487. The molecule has 0 radical (unpaired) electrons. The Morgan fingerprint density at radius 2 is 2.06 bits per heavy atom. The summed E-state index contributed by atoms with van der Waals surface area (Å²) in [4.78, 5) is 11.2. The zero-order valence-electron chi connectivity index (χ0n) is 9.43. The number of fused-ring (bicyclic) bond motifs is 1. The van der Waals surface area contributed by atoms with Crippen LogP contribution in [-0.2, 0) is 6.61 Å². The second-order valence-electron chi connectivity index (χ2n) is 3.84. The molecule has 0 bridgehead atoms. The largest absolute Gasteiger partial charge is 0.473 e. The Balaban J connectivity index is 1.78. The Labute approximate surface area is 109 Å². The minimum absolute atomic E-state index is 0.354. The van der Waals surface area contributed by atoms with Gasteiger partial charge in [0.15, 0.2) is 0 Å². The molecule has 90 valence electrons. The molecular weight excluding hydrogens is 250 g/mol. The normalized spacial score (nSPS) is 10.7. The van der Waals surface area contributed by atoms with Crippen LogP contribution in [0.1, 0.15) is 5.56 Å². The van der Waals surface area contributed by atoms with Crippen molar-refractivity contribution < 1.29 is 4.74 Å². The molecule has 5 heteroatoms. The minimum atomic E-state index is 0.354. The van der Waals surface area contributed by atoms with Crippen molar-refractivity contribution in [3.63, 3.8) is 0 Å². The highest BCUT2D eigenvalue weighted by atomic mass is 35.5. The van der Waals surface area contributed by atoms with Gasteiger partial charge in [0.05, 0.1) is 11.7 Å². The van der Waals surface area contributed by atoms with Crippen LogP contribution >= 0.6 is 11.6 Å². The number of nitrogens with zero attached hydrogens (tertiary/aromatic N) is 2. The van der Waals surface area contributed by atoms with Crippen LogP contribution in [0.15, 0.2) is 42.6 Å². The number of ether oxygens (including phenoxy) is 1. The van der Waals surface area contributed by atoms with Crippen LogP contribution in [0.4, 0.5) is 0 Å². The molecule has 2 aromatic heterocycles. The van der Waals surface area contributed by atoms with Gasteiger partial charge in [0.25, 0.3) is 0 Å². The number of benzene rings is 1. The van der Waals surface area contributed by atoms with Gasteiger partial charge in [-0.25, -0.2) is 9.97 Å². The maximum absolute atomic E-state index is 5.77. The van der Waals surface area contributed by atoms with Gasteiger partial charge in [-0.05, 0) is 17.2 Å². The number of rotatable bonds is 3. The van der Waals surface area contributed by atoms with Gasteiger partial charge in [0, 0.05) is 6.07 Å². The average molecular weight is 260 g/mol. The number of hydrogen-bond donors (Lipinski definition) is 1. The van der Waals surface area contributed by atoms with Gasteiger partial charge in [-0.3, -0.25) is 0 Å². The van der Waals surface area contributed by atoms with Gasteiger partial charge >= 0.3 is 0 Å². The van der Waals surface area contributed by atoms with E-state index in [9.17, 15) is 0 Å². The molecule has 1 N–H and O–H groups in total. The third kappa shape index (κ3) is 2.28. The quantitative estimate of drug-likeness (QED) is 0.786. The summed E-state index contributed by atoms with van der Waals surface area (Å²) in [5, 5.41) is 0.354. The molecule has 0 aliphatic heterocycles. The van der Waals surface area contributed by atoms with E-state index in [-0.39, 0.29) is 0 Å². The van der Waals surface area contributed by atoms with Crippen LogP contribution in [0.5, 0.6) is 5.88 Å². The fourth-order valence-electron chi connectivity index (χ4n) is 1.67. The first-order valence-electron chi connectivity index (χ1n) is 5.49. The van der Waals surface area contributed by atoms with Crippen LogP contribution in [0.3, 0.4) is 0 Å². The van der Waals surface area contributed by atoms with Gasteiger partial charge in [0.1, 0.15) is 12.1 Å². The molecule has 0 saturated carbocycles. The molecule has 0 spiro atoms. The standard InChI is InChI=1S/C13H10ClN3O/c14-13-16-10-6-12(15-7-11(10)17-13)18-8-9-4-2-1-3-5-9/h1-7H,8H2,(H,16,17). The van der Waals surface area contributed by atoms with E-state index in [0.29, 0.717) is 17.8 Å². The Morgan fingerprint density at radius 3 is 2.89 bits per heavy atom. The van der Waals surface area contributed by atoms with Crippen LogP contribution in [-0.4, -0.2) is 15.0 Å². The summed E-state index contributed by atoms with van der Waals surface area (Å²) in [5.74, 6) is 0.548. The Morgan fingerprint density at radius 1 is 1.22 bits per heavy atom. The number of nitrogens with one attached hydrogen (secondary N) is 1. The molecule has 0 atom stereocenters. The lowest BCUT2D eigenvalue weighted by molar-refractivity contribution is 0.294. The Bertz CT molecular complexity index is 666. The summed E-state index contributed by atoms with van der Waals surface area (Å²) in [7, 11) is 0. The van der Waals surface area contributed by atoms with Crippen molar-refractivity contribution in [1.29, 1.82) is 0 Å².